The van der Waals surface area contributed by atoms with Crippen LogP contribution < -0.4 is 9.47 Å². The van der Waals surface area contributed by atoms with E-state index >= 15 is 0 Å². The number of ether oxygens (including phenoxy) is 7. The van der Waals surface area contributed by atoms with Crippen LogP contribution in [0.4, 0.5) is 27.6 Å². The van der Waals surface area contributed by atoms with Crippen LogP contribution in [0.1, 0.15) is 134 Å². The van der Waals surface area contributed by atoms with E-state index in [1.54, 1.807) is 28.5 Å². The first-order valence-corrected chi connectivity index (χ1v) is 29.0. The lowest BCUT2D eigenvalue weighted by atomic mass is 10.2. The summed E-state index contributed by atoms with van der Waals surface area (Å²) in [5.74, 6) is -4.72. The number of amides is 3. The predicted octanol–water partition coefficient (Wildman–Crippen LogP) is 9.44. The van der Waals surface area contributed by atoms with Gasteiger partial charge in [0.15, 0.2) is 34.7 Å². The van der Waals surface area contributed by atoms with Crippen molar-refractivity contribution >= 4 is 36.2 Å². The Bertz CT molecular complexity index is 2610. The van der Waals surface area contributed by atoms with Crippen LogP contribution in [0.3, 0.4) is 0 Å². The number of nitrogens with zero attached hydrogens (tertiary/aromatic N) is 6. The zero-order valence-electron chi connectivity index (χ0n) is 51.9. The molecule has 0 aliphatic carbocycles. The van der Waals surface area contributed by atoms with E-state index in [1.807, 2.05) is 62.3 Å². The molecule has 0 aromatic heterocycles. The average Bonchev–Trinajstić information content (AvgIpc) is 3.34. The molecule has 22 nitrogen and oxygen atoms in total. The third-order valence-corrected chi connectivity index (χ3v) is 12.5. The number of hydrogen-bond acceptors (Lipinski definition) is 18. The summed E-state index contributed by atoms with van der Waals surface area (Å²) in [4.78, 5) is 81.2. The first kappa shape index (κ1) is 76.0. The fraction of sp³-hybridized carbons (Fsp3) is 0.613. The minimum Gasteiger partial charge on any atom is -0.505 e. The smallest absolute Gasteiger partial charge is 0.410 e. The fourth-order valence-corrected chi connectivity index (χ4v) is 8.23. The number of benzene rings is 3. The van der Waals surface area contributed by atoms with E-state index in [1.165, 1.54) is 30.3 Å². The summed E-state index contributed by atoms with van der Waals surface area (Å²) in [5, 5.41) is 26.4. The van der Waals surface area contributed by atoms with Gasteiger partial charge in [0, 0.05) is 105 Å². The Morgan fingerprint density at radius 1 is 0.471 bits per heavy atom. The minimum atomic E-state index is -1.18. The SMILES string of the molecule is C.CC(C)(C)OC(=O)N1CCN(CCCO)CC1.CC(C)(C)OC(=O)N1CCN(CCCOc2ccc(C(=O)O)cc2F)CC1.CCOC(=O)c1ccc(O)c(F)c1.CCOC(=O)c1ccc(OCCCN2CCN(C(=O)OC(C)(C)C)CC2)c(F)c1. The number of hydrogen-bond donors (Lipinski definition) is 3. The minimum absolute atomic E-state index is 0. The van der Waals surface area contributed by atoms with Crippen LogP contribution >= 0.6 is 0 Å². The molecule has 3 fully saturated rings. The van der Waals surface area contributed by atoms with Crippen molar-refractivity contribution in [3.63, 3.8) is 0 Å². The molecule has 0 radical (unpaired) electrons. The zero-order valence-corrected chi connectivity index (χ0v) is 51.9. The van der Waals surface area contributed by atoms with Crippen molar-refractivity contribution in [2.75, 3.05) is 131 Å². The van der Waals surface area contributed by atoms with Crippen molar-refractivity contribution < 1.29 is 90.4 Å². The second-order valence-corrected chi connectivity index (χ2v) is 23.1. The van der Waals surface area contributed by atoms with Gasteiger partial charge in [0.2, 0.25) is 0 Å². The van der Waals surface area contributed by atoms with Gasteiger partial charge in [-0.15, -0.1) is 0 Å². The van der Waals surface area contributed by atoms with E-state index in [4.69, 9.17) is 43.7 Å². The molecule has 3 saturated heterocycles. The third-order valence-electron chi connectivity index (χ3n) is 12.5. The zero-order chi connectivity index (χ0) is 64.2. The van der Waals surface area contributed by atoms with Crippen LogP contribution in [-0.4, -0.2) is 229 Å². The van der Waals surface area contributed by atoms with Gasteiger partial charge in [-0.3, -0.25) is 14.7 Å². The monoisotopic (exact) mass is 1240 g/mol. The standard InChI is InChI=1S/C21H31FN2O5.C19H27FN2O5.C12H24N2O3.C9H9FO3.CH4/c1-5-27-19(25)16-7-8-18(17(22)15-16)28-14-6-9-23-10-12-24(13-11-23)20(26)29-21(2,3)4;1-19(2,3)27-18(25)22-10-8-21(9-11-22)7-4-12-26-16-6-5-14(17(23)24)13-15(16)20;1-12(2,3)17-11(16)14-8-6-13(7-9-14)5-4-10-15;1-2-13-9(12)6-3-4-8(11)7(10)5-6;/h7-8,15H,5-6,9-14H2,1-4H3;5-6,13H,4,7-12H2,1-3H3,(H,23,24);15H,4-10H2,1-3H3;3-5,11H,2H2,1H3;1H4. The average molecular weight is 1240 g/mol. The molecular weight excluding hydrogens is 1140 g/mol. The number of esters is 2. The maximum absolute atomic E-state index is 14.1. The van der Waals surface area contributed by atoms with Crippen LogP contribution in [-0.2, 0) is 23.7 Å². The molecule has 490 valence electrons. The summed E-state index contributed by atoms with van der Waals surface area (Å²) in [6.45, 7) is 32.6. The van der Waals surface area contributed by atoms with Gasteiger partial charge >= 0.3 is 36.2 Å². The summed E-state index contributed by atoms with van der Waals surface area (Å²) in [5.41, 5.74) is -1.26. The Hall–Kier alpha value is -7.09. The molecule has 0 atom stereocenters. The summed E-state index contributed by atoms with van der Waals surface area (Å²) >= 11 is 0. The first-order chi connectivity index (χ1) is 40.4. The number of aliphatic hydroxyl groups is 1. The molecule has 3 aromatic rings. The number of halogens is 3. The molecule has 0 spiro atoms. The molecule has 3 aliphatic heterocycles. The normalized spacial score (nSPS) is 14.9. The van der Waals surface area contributed by atoms with Gasteiger partial charge < -0.3 is 63.2 Å². The van der Waals surface area contributed by atoms with E-state index in [9.17, 15) is 41.9 Å². The molecule has 3 amide bonds. The Morgan fingerprint density at radius 3 is 1.08 bits per heavy atom. The van der Waals surface area contributed by atoms with Crippen molar-refractivity contribution in [1.29, 1.82) is 0 Å². The third kappa shape index (κ3) is 29.9. The van der Waals surface area contributed by atoms with Gasteiger partial charge in [0.25, 0.3) is 0 Å². The van der Waals surface area contributed by atoms with Crippen molar-refractivity contribution in [2.24, 2.45) is 0 Å². The van der Waals surface area contributed by atoms with Crippen LogP contribution in [0, 0.1) is 17.5 Å². The lowest BCUT2D eigenvalue weighted by Crippen LogP contribution is -2.50. The summed E-state index contributed by atoms with van der Waals surface area (Å²) in [6, 6.07) is 11.0. The van der Waals surface area contributed by atoms with Crippen molar-refractivity contribution in [3.05, 3.63) is 88.7 Å². The summed E-state index contributed by atoms with van der Waals surface area (Å²) in [6.07, 6.45) is 1.44. The Morgan fingerprint density at radius 2 is 0.782 bits per heavy atom. The second-order valence-electron chi connectivity index (χ2n) is 23.1. The lowest BCUT2D eigenvalue weighted by molar-refractivity contribution is 0.0132. The number of phenolic OH excluding ortho intramolecular Hbond substituents is 1. The van der Waals surface area contributed by atoms with E-state index in [-0.39, 0.29) is 73.7 Å². The summed E-state index contributed by atoms with van der Waals surface area (Å²) < 4.78 is 77.0. The van der Waals surface area contributed by atoms with E-state index in [0.717, 1.165) is 96.0 Å². The molecule has 0 unspecified atom stereocenters. The highest BCUT2D eigenvalue weighted by Gasteiger charge is 2.29. The highest BCUT2D eigenvalue weighted by atomic mass is 19.1. The van der Waals surface area contributed by atoms with Crippen molar-refractivity contribution in [1.82, 2.24) is 29.4 Å². The van der Waals surface area contributed by atoms with Gasteiger partial charge in [-0.05, 0) is 150 Å². The molecule has 87 heavy (non-hydrogen) atoms. The quantitative estimate of drug-likeness (QED) is 0.0609. The fourth-order valence-electron chi connectivity index (χ4n) is 8.23. The van der Waals surface area contributed by atoms with E-state index in [0.29, 0.717) is 58.9 Å². The van der Waals surface area contributed by atoms with E-state index in [2.05, 4.69) is 19.4 Å². The number of aliphatic hydroxyl groups excluding tert-OH is 1. The van der Waals surface area contributed by atoms with Crippen LogP contribution in [0.15, 0.2) is 54.6 Å². The van der Waals surface area contributed by atoms with Gasteiger partial charge in [0.05, 0.1) is 43.1 Å². The highest BCUT2D eigenvalue weighted by Crippen LogP contribution is 2.22. The molecule has 3 aliphatic rings. The number of carboxylic acid groups (broad SMARTS) is 1. The van der Waals surface area contributed by atoms with Crippen LogP contribution in [0.5, 0.6) is 17.2 Å². The molecule has 3 heterocycles. The van der Waals surface area contributed by atoms with Crippen molar-refractivity contribution in [3.8, 4) is 17.2 Å². The van der Waals surface area contributed by atoms with Gasteiger partial charge in [-0.1, -0.05) is 7.43 Å². The maximum atomic E-state index is 14.1. The number of carbonyl (C=O) groups is 6. The Kier molecular flexibility index (Phi) is 32.8. The topological polar surface area (TPSA) is 247 Å². The molecule has 6 rings (SSSR count). The molecule has 3 N–H and O–H groups in total. The molecular formula is C62H95F3N6O16. The largest absolute Gasteiger partial charge is 0.505 e. The number of piperazine rings is 3. The van der Waals surface area contributed by atoms with Crippen LogP contribution in [0.2, 0.25) is 0 Å². The van der Waals surface area contributed by atoms with Gasteiger partial charge in [-0.2, -0.15) is 0 Å². The number of aromatic carboxylic acids is 1. The van der Waals surface area contributed by atoms with Crippen LogP contribution in [0.25, 0.3) is 0 Å². The highest BCUT2D eigenvalue weighted by molar-refractivity contribution is 5.90. The van der Waals surface area contributed by atoms with Gasteiger partial charge in [0.1, 0.15) is 16.8 Å². The number of aromatic hydroxyl groups is 1. The molecule has 0 bridgehead atoms. The number of carbonyl (C=O) groups excluding carboxylic acids is 5. The van der Waals surface area contributed by atoms with E-state index < -0.39 is 57.9 Å². The maximum Gasteiger partial charge on any atom is 0.410 e. The first-order valence-electron chi connectivity index (χ1n) is 29.0. The number of rotatable bonds is 18. The van der Waals surface area contributed by atoms with Crippen molar-refractivity contribution in [2.45, 2.75) is 120 Å². The summed E-state index contributed by atoms with van der Waals surface area (Å²) in [7, 11) is 0. The lowest BCUT2D eigenvalue weighted by Gasteiger charge is -2.35. The predicted molar refractivity (Wildman–Crippen MR) is 321 cm³/mol. The molecule has 25 heteroatoms. The Labute approximate surface area is 511 Å². The number of carboxylic acids is 1. The number of phenols is 1. The molecule has 0 saturated carbocycles. The Balaban J connectivity index is 0.000000411. The second kappa shape index (κ2) is 37.6. The van der Waals surface area contributed by atoms with Gasteiger partial charge in [-0.25, -0.2) is 41.9 Å². The molecule has 3 aromatic carbocycles.